The summed E-state index contributed by atoms with van der Waals surface area (Å²) in [5.41, 5.74) is 5.74. The quantitative estimate of drug-likeness (QED) is 0.680. The van der Waals surface area contributed by atoms with E-state index in [1.165, 1.54) is 0 Å². The lowest BCUT2D eigenvalue weighted by Crippen LogP contribution is -2.35. The van der Waals surface area contributed by atoms with Crippen LogP contribution in [0.1, 0.15) is 40.5 Å². The molecular formula is C9H21NO. The average molecular weight is 159 g/mol. The molecule has 2 heteroatoms. The summed E-state index contributed by atoms with van der Waals surface area (Å²) in [5.74, 6) is 0. The van der Waals surface area contributed by atoms with E-state index in [0.29, 0.717) is 0 Å². The minimum atomic E-state index is -0.0736. The summed E-state index contributed by atoms with van der Waals surface area (Å²) < 4.78 is 5.28. The van der Waals surface area contributed by atoms with Crippen molar-refractivity contribution in [2.24, 2.45) is 5.73 Å². The lowest BCUT2D eigenvalue weighted by molar-refractivity contribution is 0.0101. The Labute approximate surface area is 70.1 Å². The Morgan fingerprint density at radius 3 is 1.82 bits per heavy atom. The highest BCUT2D eigenvalue weighted by Gasteiger charge is 2.20. The highest BCUT2D eigenvalue weighted by atomic mass is 16.5. The summed E-state index contributed by atoms with van der Waals surface area (Å²) in [4.78, 5) is 0. The van der Waals surface area contributed by atoms with Gasteiger partial charge in [0.1, 0.15) is 0 Å². The maximum atomic E-state index is 5.84. The fourth-order valence-electron chi connectivity index (χ4n) is 0.725. The summed E-state index contributed by atoms with van der Waals surface area (Å²) in [6.07, 6.45) is 2.00. The van der Waals surface area contributed by atoms with Gasteiger partial charge in [-0.25, -0.2) is 0 Å². The molecule has 0 bridgehead atoms. The predicted molar refractivity (Wildman–Crippen MR) is 48.6 cm³/mol. The lowest BCUT2D eigenvalue weighted by atomic mass is 9.92. The second kappa shape index (κ2) is 3.55. The first-order valence-corrected chi connectivity index (χ1v) is 4.11. The zero-order valence-corrected chi connectivity index (χ0v) is 8.40. The summed E-state index contributed by atoms with van der Waals surface area (Å²) >= 11 is 0. The highest BCUT2D eigenvalue weighted by molar-refractivity contribution is 4.77. The number of hydrogen-bond donors (Lipinski definition) is 1. The Kier molecular flexibility index (Phi) is 3.52. The van der Waals surface area contributed by atoms with Gasteiger partial charge in [-0.1, -0.05) is 0 Å². The third kappa shape index (κ3) is 6.32. The van der Waals surface area contributed by atoms with Gasteiger partial charge in [0.15, 0.2) is 0 Å². The molecule has 0 spiro atoms. The molecule has 0 aromatic rings. The van der Waals surface area contributed by atoms with E-state index in [4.69, 9.17) is 10.5 Å². The van der Waals surface area contributed by atoms with Crippen molar-refractivity contribution in [3.63, 3.8) is 0 Å². The van der Waals surface area contributed by atoms with Crippen molar-refractivity contribution in [2.45, 2.75) is 51.7 Å². The molecular weight excluding hydrogens is 138 g/mol. The van der Waals surface area contributed by atoms with Gasteiger partial charge in [0, 0.05) is 12.6 Å². The summed E-state index contributed by atoms with van der Waals surface area (Å²) in [6.45, 7) is 8.25. The number of methoxy groups -OCH3 is 1. The highest BCUT2D eigenvalue weighted by Crippen LogP contribution is 2.19. The third-order valence-corrected chi connectivity index (χ3v) is 1.92. The van der Waals surface area contributed by atoms with Gasteiger partial charge in [-0.05, 0) is 40.5 Å². The minimum Gasteiger partial charge on any atom is -0.379 e. The van der Waals surface area contributed by atoms with Crippen molar-refractivity contribution < 1.29 is 4.74 Å². The van der Waals surface area contributed by atoms with Crippen molar-refractivity contribution in [3.8, 4) is 0 Å². The van der Waals surface area contributed by atoms with Crippen LogP contribution in [0.15, 0.2) is 0 Å². The summed E-state index contributed by atoms with van der Waals surface area (Å²) in [7, 11) is 1.74. The molecule has 0 saturated heterocycles. The van der Waals surface area contributed by atoms with Crippen molar-refractivity contribution in [1.82, 2.24) is 0 Å². The van der Waals surface area contributed by atoms with Gasteiger partial charge in [0.2, 0.25) is 0 Å². The van der Waals surface area contributed by atoms with Gasteiger partial charge >= 0.3 is 0 Å². The molecule has 0 atom stereocenters. The van der Waals surface area contributed by atoms with E-state index in [2.05, 4.69) is 13.8 Å². The molecule has 68 valence electrons. The van der Waals surface area contributed by atoms with Crippen LogP contribution in [0, 0.1) is 0 Å². The van der Waals surface area contributed by atoms with Gasteiger partial charge in [-0.3, -0.25) is 0 Å². The molecule has 2 N–H and O–H groups in total. The number of hydrogen-bond acceptors (Lipinski definition) is 2. The van der Waals surface area contributed by atoms with E-state index < -0.39 is 0 Å². The molecule has 0 aromatic heterocycles. The molecule has 0 aliphatic carbocycles. The minimum absolute atomic E-state index is 0.0311. The zero-order valence-electron chi connectivity index (χ0n) is 8.40. The smallest absolute Gasteiger partial charge is 0.0623 e. The molecule has 0 fully saturated rings. The van der Waals surface area contributed by atoms with Crippen LogP contribution >= 0.6 is 0 Å². The van der Waals surface area contributed by atoms with Crippen molar-refractivity contribution in [1.29, 1.82) is 0 Å². The van der Waals surface area contributed by atoms with Crippen LogP contribution in [0.5, 0.6) is 0 Å². The fourth-order valence-corrected chi connectivity index (χ4v) is 0.725. The molecule has 0 heterocycles. The largest absolute Gasteiger partial charge is 0.379 e. The van der Waals surface area contributed by atoms with E-state index in [0.717, 1.165) is 12.8 Å². The Balaban J connectivity index is 3.70. The Morgan fingerprint density at radius 1 is 1.09 bits per heavy atom. The molecule has 11 heavy (non-hydrogen) atoms. The first-order valence-electron chi connectivity index (χ1n) is 4.11. The van der Waals surface area contributed by atoms with Crippen LogP contribution in [0.2, 0.25) is 0 Å². The van der Waals surface area contributed by atoms with Crippen LogP contribution in [0.4, 0.5) is 0 Å². The van der Waals surface area contributed by atoms with Gasteiger partial charge < -0.3 is 10.5 Å². The van der Waals surface area contributed by atoms with Gasteiger partial charge in [0.05, 0.1) is 5.60 Å². The molecule has 0 rings (SSSR count). The number of rotatable bonds is 4. The Bertz CT molecular complexity index is 113. The predicted octanol–water partition coefficient (Wildman–Crippen LogP) is 1.93. The van der Waals surface area contributed by atoms with Crippen LogP contribution in [-0.2, 0) is 4.74 Å². The average Bonchev–Trinajstić information content (AvgIpc) is 1.83. The molecule has 0 aliphatic heterocycles. The second-order valence-electron chi connectivity index (χ2n) is 4.45. The van der Waals surface area contributed by atoms with Crippen LogP contribution in [0.3, 0.4) is 0 Å². The van der Waals surface area contributed by atoms with Gasteiger partial charge in [-0.2, -0.15) is 0 Å². The van der Waals surface area contributed by atoms with Gasteiger partial charge in [0.25, 0.3) is 0 Å². The van der Waals surface area contributed by atoms with E-state index in [-0.39, 0.29) is 11.1 Å². The van der Waals surface area contributed by atoms with Crippen molar-refractivity contribution in [2.75, 3.05) is 7.11 Å². The lowest BCUT2D eigenvalue weighted by Gasteiger charge is -2.27. The number of nitrogens with two attached hydrogens (primary N) is 1. The maximum Gasteiger partial charge on any atom is 0.0623 e. The first-order chi connectivity index (χ1) is 4.77. The maximum absolute atomic E-state index is 5.84. The van der Waals surface area contributed by atoms with Crippen LogP contribution in [0.25, 0.3) is 0 Å². The summed E-state index contributed by atoms with van der Waals surface area (Å²) in [5, 5.41) is 0. The SMILES string of the molecule is COC(C)(C)CCC(C)(C)N. The standard InChI is InChI=1S/C9H21NO/c1-8(2,10)6-7-9(3,4)11-5/h6-7,10H2,1-5H3. The molecule has 0 unspecified atom stereocenters. The fraction of sp³-hybridized carbons (Fsp3) is 1.00. The Hall–Kier alpha value is -0.0800. The first kappa shape index (κ1) is 10.9. The molecule has 0 radical (unpaired) electrons. The van der Waals surface area contributed by atoms with E-state index in [1.807, 2.05) is 13.8 Å². The normalized spacial score (nSPS) is 13.6. The third-order valence-electron chi connectivity index (χ3n) is 1.92. The monoisotopic (exact) mass is 159 g/mol. The topological polar surface area (TPSA) is 35.2 Å². The van der Waals surface area contributed by atoms with Crippen molar-refractivity contribution in [3.05, 3.63) is 0 Å². The Morgan fingerprint density at radius 2 is 1.55 bits per heavy atom. The van der Waals surface area contributed by atoms with Crippen LogP contribution < -0.4 is 5.73 Å². The summed E-state index contributed by atoms with van der Waals surface area (Å²) in [6, 6.07) is 0. The molecule has 0 amide bonds. The van der Waals surface area contributed by atoms with E-state index in [9.17, 15) is 0 Å². The van der Waals surface area contributed by atoms with E-state index >= 15 is 0 Å². The molecule has 0 aliphatic rings. The van der Waals surface area contributed by atoms with Gasteiger partial charge in [-0.15, -0.1) is 0 Å². The zero-order chi connectivity index (χ0) is 9.12. The van der Waals surface area contributed by atoms with Crippen molar-refractivity contribution >= 4 is 0 Å². The molecule has 0 aromatic carbocycles. The molecule has 0 saturated carbocycles. The van der Waals surface area contributed by atoms with Crippen LogP contribution in [-0.4, -0.2) is 18.2 Å². The number of ether oxygens (including phenoxy) is 1. The van der Waals surface area contributed by atoms with E-state index in [1.54, 1.807) is 7.11 Å². The molecule has 2 nitrogen and oxygen atoms in total. The second-order valence-corrected chi connectivity index (χ2v) is 4.45.